The molecule has 1 rings (SSSR count). The SMILES string of the molecule is CCCCN(CC)c1cccc(O)c1. The van der Waals surface area contributed by atoms with Crippen LogP contribution in [0.15, 0.2) is 24.3 Å². The van der Waals surface area contributed by atoms with Gasteiger partial charge in [-0.05, 0) is 25.5 Å². The zero-order valence-corrected chi connectivity index (χ0v) is 9.03. The summed E-state index contributed by atoms with van der Waals surface area (Å²) < 4.78 is 0. The average Bonchev–Trinajstić information content (AvgIpc) is 2.19. The maximum absolute atomic E-state index is 9.36. The number of hydrogen-bond donors (Lipinski definition) is 1. The lowest BCUT2D eigenvalue weighted by molar-refractivity contribution is 0.475. The van der Waals surface area contributed by atoms with Crippen LogP contribution in [0.4, 0.5) is 5.69 Å². The van der Waals surface area contributed by atoms with Crippen molar-refractivity contribution < 1.29 is 5.11 Å². The highest BCUT2D eigenvalue weighted by atomic mass is 16.3. The van der Waals surface area contributed by atoms with Crippen molar-refractivity contribution in [3.63, 3.8) is 0 Å². The fourth-order valence-corrected chi connectivity index (χ4v) is 1.51. The summed E-state index contributed by atoms with van der Waals surface area (Å²) in [6.07, 6.45) is 2.40. The van der Waals surface area contributed by atoms with Crippen LogP contribution in [-0.2, 0) is 0 Å². The third-order valence-electron chi connectivity index (χ3n) is 2.36. The summed E-state index contributed by atoms with van der Waals surface area (Å²) in [5, 5.41) is 9.36. The summed E-state index contributed by atoms with van der Waals surface area (Å²) in [4.78, 5) is 2.28. The highest BCUT2D eigenvalue weighted by molar-refractivity contribution is 5.50. The summed E-state index contributed by atoms with van der Waals surface area (Å²) >= 11 is 0. The Morgan fingerprint density at radius 1 is 1.29 bits per heavy atom. The van der Waals surface area contributed by atoms with Gasteiger partial charge in [0, 0.05) is 24.8 Å². The Balaban J connectivity index is 2.68. The van der Waals surface area contributed by atoms with E-state index in [4.69, 9.17) is 0 Å². The van der Waals surface area contributed by atoms with E-state index in [9.17, 15) is 5.11 Å². The number of benzene rings is 1. The van der Waals surface area contributed by atoms with Gasteiger partial charge < -0.3 is 10.0 Å². The Labute approximate surface area is 86.2 Å². The number of anilines is 1. The third-order valence-corrected chi connectivity index (χ3v) is 2.36. The Morgan fingerprint density at radius 3 is 2.64 bits per heavy atom. The van der Waals surface area contributed by atoms with Crippen LogP contribution in [0, 0.1) is 0 Å². The van der Waals surface area contributed by atoms with Crippen LogP contribution in [0.2, 0.25) is 0 Å². The molecule has 0 heterocycles. The highest BCUT2D eigenvalue weighted by Crippen LogP contribution is 2.20. The zero-order valence-electron chi connectivity index (χ0n) is 9.03. The van der Waals surface area contributed by atoms with Gasteiger partial charge in [0.25, 0.3) is 0 Å². The van der Waals surface area contributed by atoms with Gasteiger partial charge in [-0.3, -0.25) is 0 Å². The predicted molar refractivity (Wildman–Crippen MR) is 60.9 cm³/mol. The highest BCUT2D eigenvalue weighted by Gasteiger charge is 2.03. The van der Waals surface area contributed by atoms with Crippen LogP contribution in [0.5, 0.6) is 5.75 Å². The van der Waals surface area contributed by atoms with Crippen molar-refractivity contribution >= 4 is 5.69 Å². The number of phenols is 1. The minimum Gasteiger partial charge on any atom is -0.508 e. The van der Waals surface area contributed by atoms with Crippen molar-refractivity contribution in [2.45, 2.75) is 26.7 Å². The van der Waals surface area contributed by atoms with Gasteiger partial charge in [-0.1, -0.05) is 19.4 Å². The second-order valence-corrected chi connectivity index (χ2v) is 3.45. The summed E-state index contributed by atoms with van der Waals surface area (Å²) in [5.74, 6) is 0.345. The lowest BCUT2D eigenvalue weighted by Gasteiger charge is -2.22. The normalized spacial score (nSPS) is 10.1. The fourth-order valence-electron chi connectivity index (χ4n) is 1.51. The molecule has 0 aliphatic heterocycles. The van der Waals surface area contributed by atoms with E-state index >= 15 is 0 Å². The van der Waals surface area contributed by atoms with Gasteiger partial charge in [-0.2, -0.15) is 0 Å². The van der Waals surface area contributed by atoms with E-state index in [1.54, 1.807) is 6.07 Å². The first kappa shape index (κ1) is 10.9. The second-order valence-electron chi connectivity index (χ2n) is 3.45. The quantitative estimate of drug-likeness (QED) is 0.777. The molecule has 0 saturated carbocycles. The van der Waals surface area contributed by atoms with Crippen molar-refractivity contribution in [3.05, 3.63) is 24.3 Å². The molecule has 1 N–H and O–H groups in total. The molecule has 1 aromatic carbocycles. The van der Waals surface area contributed by atoms with Gasteiger partial charge in [0.2, 0.25) is 0 Å². The van der Waals surface area contributed by atoms with E-state index in [-0.39, 0.29) is 0 Å². The van der Waals surface area contributed by atoms with E-state index in [1.807, 2.05) is 18.2 Å². The molecule has 2 heteroatoms. The van der Waals surface area contributed by atoms with Crippen LogP contribution in [0.1, 0.15) is 26.7 Å². The monoisotopic (exact) mass is 193 g/mol. The van der Waals surface area contributed by atoms with Crippen LogP contribution in [0.25, 0.3) is 0 Å². The van der Waals surface area contributed by atoms with E-state index in [0.29, 0.717) is 5.75 Å². The van der Waals surface area contributed by atoms with Crippen molar-refractivity contribution in [3.8, 4) is 5.75 Å². The van der Waals surface area contributed by atoms with Crippen LogP contribution in [0.3, 0.4) is 0 Å². The minimum atomic E-state index is 0.345. The molecule has 0 bridgehead atoms. The maximum atomic E-state index is 9.36. The van der Waals surface area contributed by atoms with Crippen molar-refractivity contribution in [2.24, 2.45) is 0 Å². The molecule has 78 valence electrons. The van der Waals surface area contributed by atoms with Gasteiger partial charge in [0.1, 0.15) is 5.75 Å². The van der Waals surface area contributed by atoms with E-state index in [0.717, 1.165) is 18.8 Å². The molecular weight excluding hydrogens is 174 g/mol. The molecule has 0 aromatic heterocycles. The Kier molecular flexibility index (Phi) is 4.30. The number of hydrogen-bond acceptors (Lipinski definition) is 2. The lowest BCUT2D eigenvalue weighted by atomic mass is 10.2. The molecule has 0 atom stereocenters. The van der Waals surface area contributed by atoms with Gasteiger partial charge in [-0.15, -0.1) is 0 Å². The molecule has 0 aliphatic rings. The Morgan fingerprint density at radius 2 is 2.07 bits per heavy atom. The maximum Gasteiger partial charge on any atom is 0.117 e. The van der Waals surface area contributed by atoms with Gasteiger partial charge in [0.15, 0.2) is 0 Å². The van der Waals surface area contributed by atoms with Gasteiger partial charge in [-0.25, -0.2) is 0 Å². The van der Waals surface area contributed by atoms with Gasteiger partial charge in [0.05, 0.1) is 0 Å². The molecule has 2 nitrogen and oxygen atoms in total. The molecule has 0 fully saturated rings. The molecule has 0 saturated heterocycles. The summed E-state index contributed by atoms with van der Waals surface area (Å²) in [6.45, 7) is 6.38. The summed E-state index contributed by atoms with van der Waals surface area (Å²) in [5.41, 5.74) is 1.11. The number of nitrogens with zero attached hydrogens (tertiary/aromatic N) is 1. The molecule has 0 aliphatic carbocycles. The standard InChI is InChI=1S/C12H19NO/c1-3-5-9-13(4-2)11-7-6-8-12(14)10-11/h6-8,10,14H,3-5,9H2,1-2H3. The summed E-state index contributed by atoms with van der Waals surface area (Å²) in [7, 11) is 0. The first-order valence-electron chi connectivity index (χ1n) is 5.32. The average molecular weight is 193 g/mol. The Hall–Kier alpha value is -1.18. The molecule has 0 radical (unpaired) electrons. The van der Waals surface area contributed by atoms with Crippen molar-refractivity contribution in [1.82, 2.24) is 0 Å². The van der Waals surface area contributed by atoms with E-state index in [2.05, 4.69) is 18.7 Å². The van der Waals surface area contributed by atoms with Gasteiger partial charge >= 0.3 is 0 Å². The zero-order chi connectivity index (χ0) is 10.4. The predicted octanol–water partition coefficient (Wildman–Crippen LogP) is 3.02. The first-order chi connectivity index (χ1) is 6.77. The van der Waals surface area contributed by atoms with Crippen LogP contribution >= 0.6 is 0 Å². The lowest BCUT2D eigenvalue weighted by Crippen LogP contribution is -2.23. The topological polar surface area (TPSA) is 23.5 Å². The van der Waals surface area contributed by atoms with Crippen LogP contribution in [-0.4, -0.2) is 18.2 Å². The van der Waals surface area contributed by atoms with E-state index < -0.39 is 0 Å². The molecule has 0 spiro atoms. The molecule has 14 heavy (non-hydrogen) atoms. The molecule has 0 amide bonds. The molecule has 0 unspecified atom stereocenters. The van der Waals surface area contributed by atoms with E-state index in [1.165, 1.54) is 12.8 Å². The minimum absolute atomic E-state index is 0.345. The van der Waals surface area contributed by atoms with Crippen molar-refractivity contribution in [2.75, 3.05) is 18.0 Å². The number of aromatic hydroxyl groups is 1. The number of rotatable bonds is 5. The second kappa shape index (κ2) is 5.53. The van der Waals surface area contributed by atoms with Crippen LogP contribution < -0.4 is 4.90 Å². The summed E-state index contributed by atoms with van der Waals surface area (Å²) in [6, 6.07) is 7.45. The third kappa shape index (κ3) is 2.95. The van der Waals surface area contributed by atoms with Crippen molar-refractivity contribution in [1.29, 1.82) is 0 Å². The molecular formula is C12H19NO. The first-order valence-corrected chi connectivity index (χ1v) is 5.32. The smallest absolute Gasteiger partial charge is 0.117 e. The number of unbranched alkanes of at least 4 members (excludes halogenated alkanes) is 1. The fraction of sp³-hybridized carbons (Fsp3) is 0.500. The number of phenolic OH excluding ortho intramolecular Hbond substituents is 1. The largest absolute Gasteiger partial charge is 0.508 e. The molecule has 1 aromatic rings. The Bertz CT molecular complexity index is 273.